The number of benzene rings is 10. The fraction of sp³-hybridized carbons (Fsp3) is 0.0164. The second-order valence-corrected chi connectivity index (χ2v) is 16.4. The number of hydrogen-bond donors (Lipinski definition) is 0. The Morgan fingerprint density at radius 2 is 0.581 bits per heavy atom. The first-order valence-electron chi connectivity index (χ1n) is 21.5. The lowest BCUT2D eigenvalue weighted by Gasteiger charge is -2.31. The Hall–Kier alpha value is -8.00. The minimum absolute atomic E-state index is 0.384. The van der Waals surface area contributed by atoms with E-state index in [0.29, 0.717) is 0 Å². The minimum Gasteiger partial charge on any atom is -0.310 e. The Morgan fingerprint density at radius 1 is 0.226 bits per heavy atom. The standard InChI is InChI=1S/C61H41N/c1-4-16-42(17-5-1)45-28-34-49(35-29-45)62(50-36-30-46(31-37-50)43-18-6-2-7-19-43)60-41-47(44-20-8-3-9-21-44)32-38-51(60)48-33-39-59-55(40-48)54-24-12-15-27-58(54)61(59)56-25-13-10-22-52(56)53-23-11-14-26-57(53)61/h1-41H. The summed E-state index contributed by atoms with van der Waals surface area (Å²) in [5.74, 6) is 0. The van der Waals surface area contributed by atoms with Gasteiger partial charge in [-0.1, -0.05) is 212 Å². The van der Waals surface area contributed by atoms with Crippen LogP contribution in [0.4, 0.5) is 17.1 Å². The largest absolute Gasteiger partial charge is 0.310 e. The number of anilines is 3. The van der Waals surface area contributed by atoms with Crippen LogP contribution in [0.2, 0.25) is 0 Å². The third-order valence-electron chi connectivity index (χ3n) is 13.1. The summed E-state index contributed by atoms with van der Waals surface area (Å²) in [4.78, 5) is 2.44. The fourth-order valence-corrected chi connectivity index (χ4v) is 10.3. The van der Waals surface area contributed by atoms with E-state index in [1.165, 1.54) is 83.5 Å². The van der Waals surface area contributed by atoms with E-state index >= 15 is 0 Å². The Morgan fingerprint density at radius 3 is 1.06 bits per heavy atom. The molecule has 10 aromatic carbocycles. The molecule has 1 heteroatoms. The van der Waals surface area contributed by atoms with Gasteiger partial charge in [0.15, 0.2) is 0 Å². The average Bonchev–Trinajstić information content (AvgIpc) is 3.82. The van der Waals surface area contributed by atoms with Crippen LogP contribution in [0.25, 0.3) is 66.8 Å². The first-order chi connectivity index (χ1) is 30.8. The normalized spacial score (nSPS) is 12.6. The highest BCUT2D eigenvalue weighted by molar-refractivity contribution is 5.98. The van der Waals surface area contributed by atoms with Crippen LogP contribution >= 0.6 is 0 Å². The first kappa shape index (κ1) is 35.9. The molecule has 0 atom stereocenters. The van der Waals surface area contributed by atoms with E-state index in [-0.39, 0.29) is 5.41 Å². The van der Waals surface area contributed by atoms with E-state index in [4.69, 9.17) is 0 Å². The molecule has 0 aromatic heterocycles. The molecule has 0 aliphatic heterocycles. The summed E-state index contributed by atoms with van der Waals surface area (Å²) in [7, 11) is 0. The van der Waals surface area contributed by atoms with Crippen LogP contribution in [0.3, 0.4) is 0 Å². The number of nitrogens with zero attached hydrogens (tertiary/aromatic N) is 1. The summed E-state index contributed by atoms with van der Waals surface area (Å²) in [6, 6.07) is 91.5. The van der Waals surface area contributed by atoms with Crippen LogP contribution in [0.1, 0.15) is 22.3 Å². The average molecular weight is 788 g/mol. The summed E-state index contributed by atoms with van der Waals surface area (Å²) in [6.45, 7) is 0. The summed E-state index contributed by atoms with van der Waals surface area (Å²) in [5.41, 5.74) is 23.0. The van der Waals surface area contributed by atoms with Crippen molar-refractivity contribution in [3.05, 3.63) is 271 Å². The summed E-state index contributed by atoms with van der Waals surface area (Å²) in [6.07, 6.45) is 0. The molecule has 0 unspecified atom stereocenters. The van der Waals surface area contributed by atoms with Gasteiger partial charge in [-0.15, -0.1) is 0 Å². The van der Waals surface area contributed by atoms with Crippen molar-refractivity contribution in [2.75, 3.05) is 4.90 Å². The summed E-state index contributed by atoms with van der Waals surface area (Å²) >= 11 is 0. The Kier molecular flexibility index (Phi) is 8.47. The van der Waals surface area contributed by atoms with Crippen molar-refractivity contribution in [3.8, 4) is 66.8 Å². The molecule has 0 saturated carbocycles. The zero-order valence-corrected chi connectivity index (χ0v) is 34.1. The molecule has 1 nitrogen and oxygen atoms in total. The van der Waals surface area contributed by atoms with Crippen molar-refractivity contribution in [2.45, 2.75) is 5.41 Å². The maximum absolute atomic E-state index is 2.46. The molecular weight excluding hydrogens is 747 g/mol. The van der Waals surface area contributed by atoms with E-state index in [9.17, 15) is 0 Å². The second-order valence-electron chi connectivity index (χ2n) is 16.4. The molecule has 0 saturated heterocycles. The summed E-state index contributed by atoms with van der Waals surface area (Å²) in [5, 5.41) is 0. The smallest absolute Gasteiger partial charge is 0.0725 e. The van der Waals surface area contributed by atoms with Crippen LogP contribution in [-0.2, 0) is 5.41 Å². The van der Waals surface area contributed by atoms with Gasteiger partial charge in [0, 0.05) is 16.9 Å². The molecule has 0 heterocycles. The van der Waals surface area contributed by atoms with Crippen molar-refractivity contribution in [1.29, 1.82) is 0 Å². The molecule has 2 aliphatic rings. The van der Waals surface area contributed by atoms with E-state index in [0.717, 1.165) is 22.6 Å². The topological polar surface area (TPSA) is 3.24 Å². The van der Waals surface area contributed by atoms with Crippen LogP contribution in [-0.4, -0.2) is 0 Å². The van der Waals surface area contributed by atoms with Gasteiger partial charge in [0.2, 0.25) is 0 Å². The van der Waals surface area contributed by atoms with Crippen LogP contribution in [0.5, 0.6) is 0 Å². The molecule has 0 N–H and O–H groups in total. The number of fused-ring (bicyclic) bond motifs is 10. The molecule has 0 bridgehead atoms. The molecule has 0 amide bonds. The number of hydrogen-bond acceptors (Lipinski definition) is 1. The lowest BCUT2D eigenvalue weighted by Crippen LogP contribution is -2.25. The molecule has 12 rings (SSSR count). The van der Waals surface area contributed by atoms with Gasteiger partial charge in [-0.2, -0.15) is 0 Å². The van der Waals surface area contributed by atoms with Crippen LogP contribution in [0, 0.1) is 0 Å². The van der Waals surface area contributed by atoms with Crippen molar-refractivity contribution in [1.82, 2.24) is 0 Å². The monoisotopic (exact) mass is 787 g/mol. The van der Waals surface area contributed by atoms with Gasteiger partial charge in [0.25, 0.3) is 0 Å². The molecule has 290 valence electrons. The van der Waals surface area contributed by atoms with Gasteiger partial charge in [-0.3, -0.25) is 0 Å². The van der Waals surface area contributed by atoms with E-state index < -0.39 is 0 Å². The summed E-state index contributed by atoms with van der Waals surface area (Å²) < 4.78 is 0. The molecular formula is C61H41N. The van der Waals surface area contributed by atoms with Crippen molar-refractivity contribution < 1.29 is 0 Å². The second kappa shape index (κ2) is 14.6. The molecule has 10 aromatic rings. The van der Waals surface area contributed by atoms with Gasteiger partial charge in [0.1, 0.15) is 0 Å². The van der Waals surface area contributed by atoms with Gasteiger partial charge in [0.05, 0.1) is 11.1 Å². The third-order valence-corrected chi connectivity index (χ3v) is 13.1. The highest BCUT2D eigenvalue weighted by Crippen LogP contribution is 2.63. The van der Waals surface area contributed by atoms with Gasteiger partial charge in [-0.25, -0.2) is 0 Å². The van der Waals surface area contributed by atoms with Gasteiger partial charge < -0.3 is 4.90 Å². The molecule has 1 spiro atoms. The maximum Gasteiger partial charge on any atom is 0.0725 e. The van der Waals surface area contributed by atoms with E-state index in [2.05, 4.69) is 254 Å². The molecule has 62 heavy (non-hydrogen) atoms. The van der Waals surface area contributed by atoms with Crippen molar-refractivity contribution >= 4 is 17.1 Å². The van der Waals surface area contributed by atoms with Crippen LogP contribution < -0.4 is 4.90 Å². The zero-order chi connectivity index (χ0) is 41.0. The SMILES string of the molecule is c1ccc(-c2ccc(N(c3ccc(-c4ccccc4)cc3)c3cc(-c4ccccc4)ccc3-c3ccc4c(c3)-c3ccccc3C43c4ccccc4-c4ccccc43)cc2)cc1. The highest BCUT2D eigenvalue weighted by Gasteiger charge is 2.51. The Balaban J connectivity index is 1.08. The van der Waals surface area contributed by atoms with Crippen LogP contribution in [0.15, 0.2) is 249 Å². The third kappa shape index (κ3) is 5.63. The molecule has 2 aliphatic carbocycles. The van der Waals surface area contributed by atoms with Gasteiger partial charge in [-0.05, 0) is 120 Å². The Labute approximate surface area is 363 Å². The lowest BCUT2D eigenvalue weighted by atomic mass is 9.70. The predicted molar refractivity (Wildman–Crippen MR) is 259 cm³/mol. The molecule has 0 radical (unpaired) electrons. The first-order valence-corrected chi connectivity index (χ1v) is 21.5. The van der Waals surface area contributed by atoms with Gasteiger partial charge >= 0.3 is 0 Å². The van der Waals surface area contributed by atoms with Crippen molar-refractivity contribution in [2.24, 2.45) is 0 Å². The van der Waals surface area contributed by atoms with E-state index in [1.54, 1.807) is 0 Å². The zero-order valence-electron chi connectivity index (χ0n) is 34.1. The quantitative estimate of drug-likeness (QED) is 0.155. The van der Waals surface area contributed by atoms with E-state index in [1.807, 2.05) is 0 Å². The Bertz CT molecular complexity index is 3130. The number of rotatable bonds is 7. The fourth-order valence-electron chi connectivity index (χ4n) is 10.3. The lowest BCUT2D eigenvalue weighted by molar-refractivity contribution is 0.794. The predicted octanol–water partition coefficient (Wildman–Crippen LogP) is 16.2. The highest BCUT2D eigenvalue weighted by atomic mass is 15.1. The van der Waals surface area contributed by atoms with Crippen molar-refractivity contribution in [3.63, 3.8) is 0 Å². The minimum atomic E-state index is -0.384. The molecule has 0 fully saturated rings. The maximum atomic E-state index is 2.46.